The highest BCUT2D eigenvalue weighted by molar-refractivity contribution is 5.79. The zero-order chi connectivity index (χ0) is 16.3. The Kier molecular flexibility index (Phi) is 9.16. The number of amides is 3. The van der Waals surface area contributed by atoms with Crippen LogP contribution in [0.1, 0.15) is 46.5 Å². The average Bonchev–Trinajstić information content (AvgIpc) is 2.46. The molecule has 7 nitrogen and oxygen atoms in total. The molecule has 0 heterocycles. The number of carbonyl (C=O) groups is 3. The van der Waals surface area contributed by atoms with Gasteiger partial charge in [0, 0.05) is 26.1 Å². The molecule has 0 aliphatic rings. The maximum absolute atomic E-state index is 11.6. The molecule has 0 bridgehead atoms. The van der Waals surface area contributed by atoms with Crippen molar-refractivity contribution in [2.24, 2.45) is 5.41 Å². The standard InChI is InChI=1S/C14H27N3O4/c1-4-8-15-11(18)7-9-16-13(21)17-10-14(5-2,6-3)12(19)20/h4-10H2,1-3H3,(H,15,18)(H,19,20)(H2,16,17,21). The maximum Gasteiger partial charge on any atom is 0.314 e. The van der Waals surface area contributed by atoms with E-state index in [4.69, 9.17) is 0 Å². The summed E-state index contributed by atoms with van der Waals surface area (Å²) in [6.45, 7) is 6.45. The number of rotatable bonds is 10. The molecule has 0 unspecified atom stereocenters. The van der Waals surface area contributed by atoms with Gasteiger partial charge in [-0.15, -0.1) is 0 Å². The minimum absolute atomic E-state index is 0.0726. The Morgan fingerprint density at radius 3 is 2.05 bits per heavy atom. The number of hydrogen-bond acceptors (Lipinski definition) is 3. The molecule has 3 amide bonds. The molecule has 4 N–H and O–H groups in total. The van der Waals surface area contributed by atoms with Gasteiger partial charge in [0.1, 0.15) is 0 Å². The van der Waals surface area contributed by atoms with Gasteiger partial charge >= 0.3 is 12.0 Å². The van der Waals surface area contributed by atoms with Crippen LogP contribution in [0.5, 0.6) is 0 Å². The van der Waals surface area contributed by atoms with Crippen molar-refractivity contribution in [3.05, 3.63) is 0 Å². The van der Waals surface area contributed by atoms with Crippen molar-refractivity contribution >= 4 is 17.9 Å². The van der Waals surface area contributed by atoms with Crippen LogP contribution in [0.4, 0.5) is 4.79 Å². The molecule has 0 aromatic carbocycles. The summed E-state index contributed by atoms with van der Waals surface area (Å²) in [5.74, 6) is -1.02. The average molecular weight is 301 g/mol. The number of urea groups is 1. The van der Waals surface area contributed by atoms with Gasteiger partial charge in [-0.25, -0.2) is 4.79 Å². The molecule has 0 saturated heterocycles. The lowest BCUT2D eigenvalue weighted by molar-refractivity contribution is -0.149. The lowest BCUT2D eigenvalue weighted by Gasteiger charge is -2.26. The van der Waals surface area contributed by atoms with Crippen LogP contribution < -0.4 is 16.0 Å². The van der Waals surface area contributed by atoms with Crippen LogP contribution in [0, 0.1) is 5.41 Å². The second-order valence-corrected chi connectivity index (χ2v) is 5.00. The summed E-state index contributed by atoms with van der Waals surface area (Å²) in [5, 5.41) is 17.1. The van der Waals surface area contributed by atoms with E-state index in [0.29, 0.717) is 19.4 Å². The molecule has 0 rings (SSSR count). The minimum atomic E-state index is -0.935. The fraction of sp³-hybridized carbons (Fsp3) is 0.786. The first kappa shape index (κ1) is 19.2. The van der Waals surface area contributed by atoms with E-state index in [1.165, 1.54) is 0 Å². The van der Waals surface area contributed by atoms with Crippen molar-refractivity contribution in [2.75, 3.05) is 19.6 Å². The van der Waals surface area contributed by atoms with Gasteiger partial charge in [0.15, 0.2) is 0 Å². The number of carbonyl (C=O) groups excluding carboxylic acids is 2. The molecule has 0 saturated carbocycles. The first-order valence-corrected chi connectivity index (χ1v) is 7.43. The molecular formula is C14H27N3O4. The highest BCUT2D eigenvalue weighted by Gasteiger charge is 2.35. The summed E-state index contributed by atoms with van der Waals surface area (Å²) < 4.78 is 0. The Bertz CT molecular complexity index is 354. The van der Waals surface area contributed by atoms with Gasteiger partial charge in [-0.05, 0) is 19.3 Å². The van der Waals surface area contributed by atoms with Gasteiger partial charge in [-0.1, -0.05) is 20.8 Å². The Morgan fingerprint density at radius 2 is 1.57 bits per heavy atom. The lowest BCUT2D eigenvalue weighted by Crippen LogP contribution is -2.46. The molecule has 0 aliphatic carbocycles. The van der Waals surface area contributed by atoms with Crippen LogP contribution in [-0.4, -0.2) is 42.6 Å². The first-order chi connectivity index (χ1) is 9.91. The third-order valence-corrected chi connectivity index (χ3v) is 3.60. The van der Waals surface area contributed by atoms with E-state index < -0.39 is 17.4 Å². The van der Waals surface area contributed by atoms with Crippen molar-refractivity contribution in [1.82, 2.24) is 16.0 Å². The maximum atomic E-state index is 11.6. The Hall–Kier alpha value is -1.79. The second-order valence-electron chi connectivity index (χ2n) is 5.00. The number of carboxylic acids is 1. The van der Waals surface area contributed by atoms with Crippen LogP contribution in [0.3, 0.4) is 0 Å². The van der Waals surface area contributed by atoms with E-state index in [-0.39, 0.29) is 25.4 Å². The van der Waals surface area contributed by atoms with Gasteiger partial charge in [0.05, 0.1) is 5.41 Å². The van der Waals surface area contributed by atoms with E-state index in [0.717, 1.165) is 6.42 Å². The van der Waals surface area contributed by atoms with Crippen molar-refractivity contribution in [3.8, 4) is 0 Å². The van der Waals surface area contributed by atoms with Gasteiger partial charge in [-0.3, -0.25) is 9.59 Å². The van der Waals surface area contributed by atoms with E-state index >= 15 is 0 Å². The van der Waals surface area contributed by atoms with Crippen LogP contribution in [0.2, 0.25) is 0 Å². The monoisotopic (exact) mass is 301 g/mol. The number of hydrogen-bond donors (Lipinski definition) is 4. The summed E-state index contributed by atoms with van der Waals surface area (Å²) >= 11 is 0. The van der Waals surface area contributed by atoms with Crippen molar-refractivity contribution < 1.29 is 19.5 Å². The van der Waals surface area contributed by atoms with E-state index in [2.05, 4.69) is 16.0 Å². The topological polar surface area (TPSA) is 108 Å². The zero-order valence-corrected chi connectivity index (χ0v) is 13.1. The summed E-state index contributed by atoms with van der Waals surface area (Å²) in [4.78, 5) is 34.2. The summed E-state index contributed by atoms with van der Waals surface area (Å²) in [7, 11) is 0. The zero-order valence-electron chi connectivity index (χ0n) is 13.1. The normalized spacial score (nSPS) is 10.8. The van der Waals surface area contributed by atoms with Gasteiger partial charge < -0.3 is 21.1 Å². The van der Waals surface area contributed by atoms with Crippen LogP contribution in [-0.2, 0) is 9.59 Å². The van der Waals surface area contributed by atoms with Gasteiger partial charge in [0.25, 0.3) is 0 Å². The molecule has 0 radical (unpaired) electrons. The SMILES string of the molecule is CCCNC(=O)CCNC(=O)NCC(CC)(CC)C(=O)O. The summed E-state index contributed by atoms with van der Waals surface area (Å²) in [5.41, 5.74) is -0.935. The quantitative estimate of drug-likeness (QED) is 0.484. The lowest BCUT2D eigenvalue weighted by atomic mass is 9.82. The molecule has 0 aromatic heterocycles. The molecule has 0 aliphatic heterocycles. The van der Waals surface area contributed by atoms with E-state index in [9.17, 15) is 19.5 Å². The fourth-order valence-electron chi connectivity index (χ4n) is 1.83. The van der Waals surface area contributed by atoms with Crippen molar-refractivity contribution in [1.29, 1.82) is 0 Å². The number of aliphatic carboxylic acids is 1. The van der Waals surface area contributed by atoms with Crippen LogP contribution >= 0.6 is 0 Å². The van der Waals surface area contributed by atoms with E-state index in [1.807, 2.05) is 6.92 Å². The molecule has 122 valence electrons. The largest absolute Gasteiger partial charge is 0.481 e. The van der Waals surface area contributed by atoms with Crippen LogP contribution in [0.15, 0.2) is 0 Å². The Labute approximate surface area is 125 Å². The highest BCUT2D eigenvalue weighted by atomic mass is 16.4. The molecule has 21 heavy (non-hydrogen) atoms. The molecule has 0 aromatic rings. The van der Waals surface area contributed by atoms with Gasteiger partial charge in [0.2, 0.25) is 5.91 Å². The predicted octanol–water partition coefficient (Wildman–Crippen LogP) is 1.09. The number of nitrogens with one attached hydrogen (secondary N) is 3. The fourth-order valence-corrected chi connectivity index (χ4v) is 1.83. The predicted molar refractivity (Wildman–Crippen MR) is 80.0 cm³/mol. The Balaban J connectivity index is 4.04. The number of carboxylic acid groups (broad SMARTS) is 1. The van der Waals surface area contributed by atoms with Gasteiger partial charge in [-0.2, -0.15) is 0 Å². The third kappa shape index (κ3) is 6.97. The first-order valence-electron chi connectivity index (χ1n) is 7.43. The molecule has 0 atom stereocenters. The molecular weight excluding hydrogens is 274 g/mol. The summed E-state index contributed by atoms with van der Waals surface area (Å²) in [6, 6.07) is -0.453. The molecule has 7 heteroatoms. The van der Waals surface area contributed by atoms with Crippen molar-refractivity contribution in [3.63, 3.8) is 0 Å². The smallest absolute Gasteiger partial charge is 0.314 e. The summed E-state index contributed by atoms with van der Waals surface area (Å²) in [6.07, 6.45) is 1.96. The van der Waals surface area contributed by atoms with Crippen molar-refractivity contribution in [2.45, 2.75) is 46.5 Å². The highest BCUT2D eigenvalue weighted by Crippen LogP contribution is 2.25. The van der Waals surface area contributed by atoms with E-state index in [1.54, 1.807) is 13.8 Å². The molecule has 0 fully saturated rings. The second kappa shape index (κ2) is 10.0. The Morgan fingerprint density at radius 1 is 0.952 bits per heavy atom. The minimum Gasteiger partial charge on any atom is -0.481 e. The molecule has 0 spiro atoms. The third-order valence-electron chi connectivity index (χ3n) is 3.60. The van der Waals surface area contributed by atoms with Crippen LogP contribution in [0.25, 0.3) is 0 Å².